The summed E-state index contributed by atoms with van der Waals surface area (Å²) in [5, 5.41) is 7.69. The number of nitrogens with zero attached hydrogens (tertiary/aromatic N) is 1. The van der Waals surface area contributed by atoms with E-state index in [0.29, 0.717) is 6.04 Å². The number of hydrogen-bond donors (Lipinski definition) is 1. The molecule has 3 rings (SSSR count). The lowest BCUT2D eigenvalue weighted by atomic mass is 10.1. The van der Waals surface area contributed by atoms with Crippen molar-refractivity contribution in [2.45, 2.75) is 12.5 Å². The van der Waals surface area contributed by atoms with E-state index in [1.807, 2.05) is 0 Å². The molecule has 0 radical (unpaired) electrons. The molecule has 1 saturated heterocycles. The normalized spacial score (nSPS) is 18.7. The number of nitrogens with one attached hydrogen (secondary N) is 1. The summed E-state index contributed by atoms with van der Waals surface area (Å²) in [5.41, 5.74) is 2.08. The maximum atomic E-state index is 13.3. The lowest BCUT2D eigenvalue weighted by molar-refractivity contribution is 0.627. The second-order valence-electron chi connectivity index (χ2n) is 4.60. The minimum atomic E-state index is -0.375. The molecule has 1 aromatic heterocycles. The molecular formula is C14H14ClFN2S. The van der Waals surface area contributed by atoms with Gasteiger partial charge in [0.1, 0.15) is 5.82 Å². The molecule has 2 aromatic rings. The summed E-state index contributed by atoms with van der Waals surface area (Å²) in [6.07, 6.45) is 1.07. The second-order valence-corrected chi connectivity index (χ2v) is 5.78. The molecule has 0 spiro atoms. The van der Waals surface area contributed by atoms with Crippen LogP contribution in [-0.2, 0) is 0 Å². The largest absolute Gasteiger partial charge is 0.336 e. The van der Waals surface area contributed by atoms with Gasteiger partial charge in [-0.25, -0.2) is 4.39 Å². The molecule has 0 saturated carbocycles. The highest BCUT2D eigenvalue weighted by Crippen LogP contribution is 2.33. The van der Waals surface area contributed by atoms with Crippen LogP contribution in [0.2, 0.25) is 5.02 Å². The van der Waals surface area contributed by atoms with E-state index in [1.54, 1.807) is 23.5 Å². The molecule has 0 aliphatic carbocycles. The first kappa shape index (κ1) is 12.9. The third-order valence-corrected chi connectivity index (χ3v) is 4.33. The van der Waals surface area contributed by atoms with Crippen LogP contribution in [0.25, 0.3) is 0 Å². The van der Waals surface area contributed by atoms with Gasteiger partial charge in [0.05, 0.1) is 10.7 Å². The van der Waals surface area contributed by atoms with Gasteiger partial charge in [-0.05, 0) is 42.6 Å². The van der Waals surface area contributed by atoms with Crippen LogP contribution in [-0.4, -0.2) is 19.1 Å². The average Bonchev–Trinajstić information content (AvgIpc) is 3.07. The highest BCUT2D eigenvalue weighted by Gasteiger charge is 2.24. The Labute approximate surface area is 120 Å². The van der Waals surface area contributed by atoms with E-state index in [-0.39, 0.29) is 10.8 Å². The first-order valence-corrected chi connectivity index (χ1v) is 7.55. The quantitative estimate of drug-likeness (QED) is 0.919. The molecule has 0 unspecified atom stereocenters. The van der Waals surface area contributed by atoms with E-state index < -0.39 is 0 Å². The summed E-state index contributed by atoms with van der Waals surface area (Å²) in [5.74, 6) is -0.375. The number of halogens is 2. The smallest absolute Gasteiger partial charge is 0.141 e. The van der Waals surface area contributed by atoms with Crippen LogP contribution in [0.5, 0.6) is 0 Å². The molecule has 100 valence electrons. The number of benzene rings is 1. The molecule has 1 fully saturated rings. The molecule has 0 amide bonds. The zero-order chi connectivity index (χ0) is 13.2. The first-order valence-electron chi connectivity index (χ1n) is 6.23. The van der Waals surface area contributed by atoms with Crippen molar-refractivity contribution in [3.8, 4) is 0 Å². The SMILES string of the molecule is Fc1ccc(N(c2ccsc2)[C@H]2CCNC2)cc1Cl. The Kier molecular flexibility index (Phi) is 3.73. The van der Waals surface area contributed by atoms with Gasteiger partial charge in [0.25, 0.3) is 0 Å². The molecule has 2 heterocycles. The number of rotatable bonds is 3. The van der Waals surface area contributed by atoms with Gasteiger partial charge in [-0.1, -0.05) is 11.6 Å². The van der Waals surface area contributed by atoms with Crippen molar-refractivity contribution in [1.29, 1.82) is 0 Å². The third kappa shape index (κ3) is 2.61. The summed E-state index contributed by atoms with van der Waals surface area (Å²) in [6.45, 7) is 1.95. The molecule has 0 bridgehead atoms. The second kappa shape index (κ2) is 5.49. The highest BCUT2D eigenvalue weighted by molar-refractivity contribution is 7.08. The number of anilines is 2. The predicted molar refractivity (Wildman–Crippen MR) is 79.1 cm³/mol. The number of hydrogen-bond acceptors (Lipinski definition) is 3. The Bertz CT molecular complexity index is 553. The molecule has 19 heavy (non-hydrogen) atoms. The molecule has 5 heteroatoms. The maximum absolute atomic E-state index is 13.3. The summed E-state index contributed by atoms with van der Waals surface area (Å²) >= 11 is 7.57. The van der Waals surface area contributed by atoms with Crippen molar-refractivity contribution >= 4 is 34.3 Å². The Morgan fingerprint density at radius 3 is 2.84 bits per heavy atom. The van der Waals surface area contributed by atoms with Gasteiger partial charge >= 0.3 is 0 Å². The van der Waals surface area contributed by atoms with Crippen LogP contribution in [0.3, 0.4) is 0 Å². The zero-order valence-electron chi connectivity index (χ0n) is 10.3. The Balaban J connectivity index is 2.00. The minimum absolute atomic E-state index is 0.170. The predicted octanol–water partition coefficient (Wildman–Crippen LogP) is 4.04. The topological polar surface area (TPSA) is 15.3 Å². The van der Waals surface area contributed by atoms with Crippen LogP contribution in [0.15, 0.2) is 35.0 Å². The molecule has 1 atom stereocenters. The Morgan fingerprint density at radius 1 is 1.32 bits per heavy atom. The highest BCUT2D eigenvalue weighted by atomic mass is 35.5. The van der Waals surface area contributed by atoms with Crippen LogP contribution < -0.4 is 10.2 Å². The molecule has 1 aliphatic rings. The molecular weight excluding hydrogens is 283 g/mol. The van der Waals surface area contributed by atoms with Crippen molar-refractivity contribution in [3.63, 3.8) is 0 Å². The standard InChI is InChI=1S/C14H14ClFN2S/c15-13-7-10(1-2-14(13)16)18(11-3-5-17-8-11)12-4-6-19-9-12/h1-2,4,6-7,9,11,17H,3,5,8H2/t11-/m0/s1. The fraction of sp³-hybridized carbons (Fsp3) is 0.286. The molecule has 1 N–H and O–H groups in total. The van der Waals surface area contributed by atoms with Crippen LogP contribution in [0.4, 0.5) is 15.8 Å². The van der Waals surface area contributed by atoms with Gasteiger partial charge in [0.15, 0.2) is 0 Å². The van der Waals surface area contributed by atoms with Gasteiger partial charge in [-0.3, -0.25) is 0 Å². The van der Waals surface area contributed by atoms with E-state index in [2.05, 4.69) is 27.0 Å². The van der Waals surface area contributed by atoms with Crippen molar-refractivity contribution in [2.75, 3.05) is 18.0 Å². The van der Waals surface area contributed by atoms with Gasteiger partial charge in [0.2, 0.25) is 0 Å². The first-order chi connectivity index (χ1) is 9.25. The van der Waals surface area contributed by atoms with Crippen LogP contribution >= 0.6 is 22.9 Å². The van der Waals surface area contributed by atoms with Crippen molar-refractivity contribution in [2.24, 2.45) is 0 Å². The summed E-state index contributed by atoms with van der Waals surface area (Å²) < 4.78 is 13.3. The van der Waals surface area contributed by atoms with Crippen LogP contribution in [0.1, 0.15) is 6.42 Å². The van der Waals surface area contributed by atoms with E-state index >= 15 is 0 Å². The summed E-state index contributed by atoms with van der Waals surface area (Å²) in [7, 11) is 0. The van der Waals surface area contributed by atoms with Gasteiger partial charge in [0, 0.05) is 23.7 Å². The fourth-order valence-corrected chi connectivity index (χ4v) is 3.26. The molecule has 1 aromatic carbocycles. The fourth-order valence-electron chi connectivity index (χ4n) is 2.46. The van der Waals surface area contributed by atoms with Crippen molar-refractivity contribution in [3.05, 3.63) is 45.9 Å². The van der Waals surface area contributed by atoms with Crippen molar-refractivity contribution in [1.82, 2.24) is 5.32 Å². The maximum Gasteiger partial charge on any atom is 0.141 e. The lowest BCUT2D eigenvalue weighted by Gasteiger charge is -2.30. The zero-order valence-corrected chi connectivity index (χ0v) is 11.8. The van der Waals surface area contributed by atoms with E-state index in [1.165, 1.54) is 6.07 Å². The summed E-state index contributed by atoms with van der Waals surface area (Å²) in [4.78, 5) is 2.24. The van der Waals surface area contributed by atoms with Gasteiger partial charge in [-0.2, -0.15) is 11.3 Å². The van der Waals surface area contributed by atoms with E-state index in [0.717, 1.165) is 30.9 Å². The Hall–Kier alpha value is -1.10. The van der Waals surface area contributed by atoms with E-state index in [9.17, 15) is 4.39 Å². The van der Waals surface area contributed by atoms with Gasteiger partial charge in [-0.15, -0.1) is 0 Å². The summed E-state index contributed by atoms with van der Waals surface area (Å²) in [6, 6.07) is 7.39. The molecule has 2 nitrogen and oxygen atoms in total. The van der Waals surface area contributed by atoms with Crippen LogP contribution in [0, 0.1) is 5.82 Å². The number of thiophene rings is 1. The Morgan fingerprint density at radius 2 is 2.21 bits per heavy atom. The monoisotopic (exact) mass is 296 g/mol. The lowest BCUT2D eigenvalue weighted by Crippen LogP contribution is -2.32. The molecule has 1 aliphatic heterocycles. The van der Waals surface area contributed by atoms with E-state index in [4.69, 9.17) is 11.6 Å². The van der Waals surface area contributed by atoms with Gasteiger partial charge < -0.3 is 10.2 Å². The minimum Gasteiger partial charge on any atom is -0.336 e. The van der Waals surface area contributed by atoms with Crippen molar-refractivity contribution < 1.29 is 4.39 Å². The third-order valence-electron chi connectivity index (χ3n) is 3.37. The average molecular weight is 297 g/mol.